The lowest BCUT2D eigenvalue weighted by Gasteiger charge is -2.22. The van der Waals surface area contributed by atoms with Crippen molar-refractivity contribution in [1.29, 1.82) is 0 Å². The van der Waals surface area contributed by atoms with Gasteiger partial charge in [0.2, 0.25) is 5.91 Å². The molecule has 0 fully saturated rings. The standard InChI is InChI=1S/C25H29Cl2N5O2S/c1-6-32-23(22(14(2)3)29-24(34)17-8-9-18(26)19(27)12-17)30-31-25(32)35-13-21(33)28-20-10-7-15(4)11-16(20)5/h7-12,14,22H,6,13H2,1-5H3,(H,28,33)(H,29,34)/t22-/m1/s1. The number of rotatable bonds is 9. The topological polar surface area (TPSA) is 88.9 Å². The van der Waals surface area contributed by atoms with E-state index in [1.807, 2.05) is 57.4 Å². The molecular weight excluding hydrogens is 505 g/mol. The van der Waals surface area contributed by atoms with E-state index in [0.717, 1.165) is 16.8 Å². The zero-order valence-corrected chi connectivity index (χ0v) is 22.7. The molecule has 3 aromatic rings. The van der Waals surface area contributed by atoms with Crippen LogP contribution in [0.1, 0.15) is 54.1 Å². The third-order valence-corrected chi connectivity index (χ3v) is 7.17. The maximum absolute atomic E-state index is 12.9. The summed E-state index contributed by atoms with van der Waals surface area (Å²) in [6.07, 6.45) is 0. The summed E-state index contributed by atoms with van der Waals surface area (Å²) in [4.78, 5) is 25.5. The Balaban J connectivity index is 1.72. The summed E-state index contributed by atoms with van der Waals surface area (Å²) < 4.78 is 1.93. The van der Waals surface area contributed by atoms with Crippen molar-refractivity contribution >= 4 is 52.5 Å². The fraction of sp³-hybridized carbons (Fsp3) is 0.360. The second-order valence-corrected chi connectivity index (χ2v) is 10.3. The van der Waals surface area contributed by atoms with E-state index >= 15 is 0 Å². The third kappa shape index (κ3) is 6.78. The summed E-state index contributed by atoms with van der Waals surface area (Å²) in [6, 6.07) is 10.3. The van der Waals surface area contributed by atoms with Gasteiger partial charge in [-0.2, -0.15) is 0 Å². The van der Waals surface area contributed by atoms with Gasteiger partial charge in [0.05, 0.1) is 21.8 Å². The van der Waals surface area contributed by atoms with Crippen LogP contribution >= 0.6 is 35.0 Å². The fourth-order valence-electron chi connectivity index (χ4n) is 3.60. The van der Waals surface area contributed by atoms with Gasteiger partial charge in [0.1, 0.15) is 0 Å². The van der Waals surface area contributed by atoms with Gasteiger partial charge in [-0.05, 0) is 56.5 Å². The van der Waals surface area contributed by atoms with E-state index in [9.17, 15) is 9.59 Å². The van der Waals surface area contributed by atoms with Crippen molar-refractivity contribution in [3.63, 3.8) is 0 Å². The van der Waals surface area contributed by atoms with Crippen molar-refractivity contribution in [2.24, 2.45) is 5.92 Å². The number of carbonyl (C=O) groups is 2. The van der Waals surface area contributed by atoms with Crippen LogP contribution in [0.3, 0.4) is 0 Å². The van der Waals surface area contributed by atoms with Crippen LogP contribution in [0.15, 0.2) is 41.6 Å². The Morgan fingerprint density at radius 2 is 1.80 bits per heavy atom. The van der Waals surface area contributed by atoms with Crippen LogP contribution in [0.4, 0.5) is 5.69 Å². The highest BCUT2D eigenvalue weighted by atomic mass is 35.5. The molecule has 0 saturated heterocycles. The Kier molecular flexibility index (Phi) is 9.21. The molecule has 186 valence electrons. The van der Waals surface area contributed by atoms with E-state index in [1.54, 1.807) is 12.1 Å². The number of nitrogens with one attached hydrogen (secondary N) is 2. The van der Waals surface area contributed by atoms with Crippen LogP contribution in [0.25, 0.3) is 0 Å². The van der Waals surface area contributed by atoms with E-state index in [-0.39, 0.29) is 29.5 Å². The minimum atomic E-state index is -0.386. The van der Waals surface area contributed by atoms with E-state index in [2.05, 4.69) is 20.8 Å². The van der Waals surface area contributed by atoms with Gasteiger partial charge < -0.3 is 15.2 Å². The number of hydrogen-bond acceptors (Lipinski definition) is 5. The van der Waals surface area contributed by atoms with Crippen LogP contribution in [0.2, 0.25) is 10.0 Å². The number of aromatic nitrogens is 3. The molecule has 1 aromatic heterocycles. The molecule has 2 N–H and O–H groups in total. The van der Waals surface area contributed by atoms with Gasteiger partial charge in [0, 0.05) is 17.8 Å². The van der Waals surface area contributed by atoms with Gasteiger partial charge in [-0.1, -0.05) is 66.5 Å². The van der Waals surface area contributed by atoms with Gasteiger partial charge in [-0.15, -0.1) is 10.2 Å². The molecule has 0 unspecified atom stereocenters. The zero-order valence-electron chi connectivity index (χ0n) is 20.4. The number of anilines is 1. The monoisotopic (exact) mass is 533 g/mol. The highest BCUT2D eigenvalue weighted by molar-refractivity contribution is 7.99. The van der Waals surface area contributed by atoms with Crippen molar-refractivity contribution in [3.8, 4) is 0 Å². The molecular formula is C25H29Cl2N5O2S. The molecule has 0 aliphatic carbocycles. The summed E-state index contributed by atoms with van der Waals surface area (Å²) in [5.41, 5.74) is 3.36. The van der Waals surface area contributed by atoms with Crippen molar-refractivity contribution < 1.29 is 9.59 Å². The number of halogens is 2. The number of hydrogen-bond donors (Lipinski definition) is 2. The first-order valence-electron chi connectivity index (χ1n) is 11.3. The Hall–Kier alpha value is -2.55. The number of thioether (sulfide) groups is 1. The summed E-state index contributed by atoms with van der Waals surface area (Å²) >= 11 is 13.4. The Labute approximate surface area is 220 Å². The molecule has 1 heterocycles. The first-order valence-corrected chi connectivity index (χ1v) is 13.0. The number of nitrogens with zero attached hydrogens (tertiary/aromatic N) is 3. The van der Waals surface area contributed by atoms with Gasteiger partial charge >= 0.3 is 0 Å². The lowest BCUT2D eigenvalue weighted by Crippen LogP contribution is -2.33. The summed E-state index contributed by atoms with van der Waals surface area (Å²) in [6.45, 7) is 10.5. The molecule has 0 aliphatic rings. The van der Waals surface area contributed by atoms with Crippen molar-refractivity contribution in [3.05, 3.63) is 69.0 Å². The highest BCUT2D eigenvalue weighted by Crippen LogP contribution is 2.27. The zero-order chi connectivity index (χ0) is 25.7. The minimum absolute atomic E-state index is 0.0434. The van der Waals surface area contributed by atoms with Crippen LogP contribution in [0.5, 0.6) is 0 Å². The smallest absolute Gasteiger partial charge is 0.251 e. The highest BCUT2D eigenvalue weighted by Gasteiger charge is 2.26. The minimum Gasteiger partial charge on any atom is -0.342 e. The molecule has 0 radical (unpaired) electrons. The van der Waals surface area contributed by atoms with Gasteiger partial charge in [-0.3, -0.25) is 9.59 Å². The first-order chi connectivity index (χ1) is 16.6. The van der Waals surface area contributed by atoms with E-state index in [4.69, 9.17) is 23.2 Å². The van der Waals surface area contributed by atoms with Crippen LogP contribution < -0.4 is 10.6 Å². The Morgan fingerprint density at radius 3 is 2.43 bits per heavy atom. The van der Waals surface area contributed by atoms with Gasteiger partial charge in [0.15, 0.2) is 11.0 Å². The van der Waals surface area contributed by atoms with Crippen molar-refractivity contribution in [1.82, 2.24) is 20.1 Å². The second-order valence-electron chi connectivity index (χ2n) is 8.56. The van der Waals surface area contributed by atoms with Crippen LogP contribution in [-0.4, -0.2) is 32.3 Å². The molecule has 35 heavy (non-hydrogen) atoms. The summed E-state index contributed by atoms with van der Waals surface area (Å²) in [5, 5.41) is 16.0. The maximum atomic E-state index is 12.9. The molecule has 0 aliphatic heterocycles. The molecule has 0 saturated carbocycles. The molecule has 2 amide bonds. The van der Waals surface area contributed by atoms with E-state index in [0.29, 0.717) is 33.1 Å². The lowest BCUT2D eigenvalue weighted by atomic mass is 10.0. The molecule has 1 atom stereocenters. The molecule has 0 spiro atoms. The number of aryl methyl sites for hydroxylation is 2. The van der Waals surface area contributed by atoms with Crippen LogP contribution in [0, 0.1) is 19.8 Å². The summed E-state index contributed by atoms with van der Waals surface area (Å²) in [5.74, 6) is 0.459. The van der Waals surface area contributed by atoms with Gasteiger partial charge in [0.25, 0.3) is 5.91 Å². The average molecular weight is 535 g/mol. The van der Waals surface area contributed by atoms with E-state index < -0.39 is 0 Å². The van der Waals surface area contributed by atoms with Crippen LogP contribution in [-0.2, 0) is 11.3 Å². The normalized spacial score (nSPS) is 12.0. The maximum Gasteiger partial charge on any atom is 0.251 e. The summed E-state index contributed by atoms with van der Waals surface area (Å²) in [7, 11) is 0. The number of carbonyl (C=O) groups excluding carboxylic acids is 2. The van der Waals surface area contributed by atoms with E-state index in [1.165, 1.54) is 17.8 Å². The average Bonchev–Trinajstić information content (AvgIpc) is 3.21. The largest absolute Gasteiger partial charge is 0.342 e. The number of benzene rings is 2. The van der Waals surface area contributed by atoms with Crippen molar-refractivity contribution in [2.45, 2.75) is 52.4 Å². The number of amides is 2. The Morgan fingerprint density at radius 1 is 1.06 bits per heavy atom. The first kappa shape index (κ1) is 27.0. The van der Waals surface area contributed by atoms with Gasteiger partial charge in [-0.25, -0.2) is 0 Å². The predicted octanol–water partition coefficient (Wildman–Crippen LogP) is 6.08. The quantitative estimate of drug-likeness (QED) is 0.325. The molecule has 0 bridgehead atoms. The molecule has 2 aromatic carbocycles. The fourth-order valence-corrected chi connectivity index (χ4v) is 4.70. The predicted molar refractivity (Wildman–Crippen MR) is 142 cm³/mol. The molecule has 10 heteroatoms. The molecule has 7 nitrogen and oxygen atoms in total. The molecule has 3 rings (SSSR count). The second kappa shape index (κ2) is 11.9. The third-order valence-electron chi connectivity index (χ3n) is 5.46. The SMILES string of the molecule is CCn1c(SCC(=O)Nc2ccc(C)cc2C)nnc1[C@H](NC(=O)c1ccc(Cl)c(Cl)c1)C(C)C. The van der Waals surface area contributed by atoms with Crippen molar-refractivity contribution in [2.75, 3.05) is 11.1 Å². The Bertz CT molecular complexity index is 1230. The lowest BCUT2D eigenvalue weighted by molar-refractivity contribution is -0.113.